The monoisotopic (exact) mass is 844 g/mol. The number of ether oxygens (including phenoxy) is 2. The molecule has 0 saturated heterocycles. The number of esters is 2. The molecule has 0 spiro atoms. The highest BCUT2D eigenvalue weighted by molar-refractivity contribution is 7.47. The maximum atomic E-state index is 12.6. The molecular formula is C46H86NO10P. The summed E-state index contributed by atoms with van der Waals surface area (Å²) in [6, 6.07) is -1.52. The van der Waals surface area contributed by atoms with E-state index in [2.05, 4.69) is 30.2 Å². The summed E-state index contributed by atoms with van der Waals surface area (Å²) in [6.45, 7) is 4.34. The number of hydrogen-bond acceptors (Lipinski definition) is 9. The van der Waals surface area contributed by atoms with E-state index in [1.54, 1.807) is 0 Å². The molecule has 0 aromatic heterocycles. The molecule has 11 nitrogen and oxygen atoms in total. The molecule has 3 atom stereocenters. The van der Waals surface area contributed by atoms with E-state index in [-0.39, 0.29) is 19.4 Å². The normalized spacial score (nSPS) is 13.6. The molecule has 12 heteroatoms. The van der Waals surface area contributed by atoms with Crippen LogP contribution >= 0.6 is 7.82 Å². The largest absolute Gasteiger partial charge is 0.480 e. The fourth-order valence-corrected chi connectivity index (χ4v) is 7.41. The number of phosphoric ester groups is 1. The first-order valence-electron chi connectivity index (χ1n) is 23.3. The number of carbonyl (C=O) groups excluding carboxylic acids is 2. The first-order chi connectivity index (χ1) is 28.1. The van der Waals surface area contributed by atoms with Crippen molar-refractivity contribution in [2.24, 2.45) is 5.73 Å². The molecule has 0 aliphatic rings. The van der Waals surface area contributed by atoms with Crippen LogP contribution in [0.2, 0.25) is 0 Å². The fourth-order valence-electron chi connectivity index (χ4n) is 6.63. The minimum Gasteiger partial charge on any atom is -0.480 e. The van der Waals surface area contributed by atoms with Crippen LogP contribution in [0.3, 0.4) is 0 Å². The predicted octanol–water partition coefficient (Wildman–Crippen LogP) is 12.6. The van der Waals surface area contributed by atoms with Crippen molar-refractivity contribution in [3.8, 4) is 0 Å². The zero-order valence-electron chi connectivity index (χ0n) is 36.7. The van der Waals surface area contributed by atoms with Crippen molar-refractivity contribution in [2.75, 3.05) is 19.8 Å². The van der Waals surface area contributed by atoms with Gasteiger partial charge in [0.05, 0.1) is 13.2 Å². The molecule has 0 saturated carbocycles. The first-order valence-corrected chi connectivity index (χ1v) is 24.8. The van der Waals surface area contributed by atoms with Crippen LogP contribution in [0.25, 0.3) is 0 Å². The molecule has 0 amide bonds. The minimum absolute atomic E-state index is 0.161. The third-order valence-electron chi connectivity index (χ3n) is 10.3. The van der Waals surface area contributed by atoms with Crippen LogP contribution < -0.4 is 5.73 Å². The van der Waals surface area contributed by atoms with Crippen molar-refractivity contribution in [2.45, 2.75) is 231 Å². The molecule has 0 aromatic carbocycles. The Morgan fingerprint density at radius 1 is 0.569 bits per heavy atom. The van der Waals surface area contributed by atoms with Gasteiger partial charge in [-0.25, -0.2) is 4.57 Å². The molecule has 0 aliphatic carbocycles. The van der Waals surface area contributed by atoms with Gasteiger partial charge in [-0.15, -0.1) is 6.58 Å². The van der Waals surface area contributed by atoms with Crippen LogP contribution in [0.15, 0.2) is 24.8 Å². The number of aliphatic carboxylic acids is 1. The topological polar surface area (TPSA) is 172 Å². The Labute approximate surface area is 353 Å². The van der Waals surface area contributed by atoms with Crippen molar-refractivity contribution in [1.29, 1.82) is 0 Å². The Kier molecular flexibility index (Phi) is 40.2. The van der Waals surface area contributed by atoms with Crippen LogP contribution in [0.1, 0.15) is 219 Å². The van der Waals surface area contributed by atoms with E-state index in [9.17, 15) is 23.8 Å². The SMILES string of the molecule is C=CCCCCCCCCCCCCCCCC(=O)O[C@H](COC(=O)CCCCCCCCCCC/C=C/CCCCCCCC)COP(=O)(O)OC[C@H](N)C(=O)O. The van der Waals surface area contributed by atoms with E-state index >= 15 is 0 Å². The predicted molar refractivity (Wildman–Crippen MR) is 236 cm³/mol. The summed E-state index contributed by atoms with van der Waals surface area (Å²) in [5.74, 6) is -2.37. The van der Waals surface area contributed by atoms with E-state index in [1.807, 2.05) is 6.08 Å². The molecule has 0 rings (SSSR count). The number of nitrogens with two attached hydrogens (primary N) is 1. The Hall–Kier alpha value is -2.04. The second-order valence-electron chi connectivity index (χ2n) is 16.0. The molecule has 58 heavy (non-hydrogen) atoms. The van der Waals surface area contributed by atoms with Crippen LogP contribution in [0.4, 0.5) is 0 Å². The molecule has 0 aliphatic heterocycles. The van der Waals surface area contributed by atoms with E-state index in [4.69, 9.17) is 24.8 Å². The van der Waals surface area contributed by atoms with E-state index < -0.39 is 51.1 Å². The van der Waals surface area contributed by atoms with Crippen LogP contribution in [-0.4, -0.2) is 59.9 Å². The third kappa shape index (κ3) is 40.7. The molecule has 1 unspecified atom stereocenters. The Balaban J connectivity index is 4.26. The van der Waals surface area contributed by atoms with Crippen molar-refractivity contribution in [3.63, 3.8) is 0 Å². The highest BCUT2D eigenvalue weighted by Crippen LogP contribution is 2.43. The Morgan fingerprint density at radius 3 is 1.38 bits per heavy atom. The lowest BCUT2D eigenvalue weighted by atomic mass is 10.0. The van der Waals surface area contributed by atoms with Gasteiger partial charge in [-0.3, -0.25) is 23.4 Å². The van der Waals surface area contributed by atoms with Crippen LogP contribution in [0.5, 0.6) is 0 Å². The molecule has 0 heterocycles. The fraction of sp³-hybridized carbons (Fsp3) is 0.848. The summed E-state index contributed by atoms with van der Waals surface area (Å²) >= 11 is 0. The highest BCUT2D eigenvalue weighted by atomic mass is 31.2. The number of hydrogen-bond donors (Lipinski definition) is 3. The Morgan fingerprint density at radius 2 is 0.948 bits per heavy atom. The number of carbonyl (C=O) groups is 3. The van der Waals surface area contributed by atoms with Crippen LogP contribution in [0, 0.1) is 0 Å². The van der Waals surface area contributed by atoms with Gasteiger partial charge in [0.1, 0.15) is 12.6 Å². The first kappa shape index (κ1) is 56.0. The molecule has 4 N–H and O–H groups in total. The lowest BCUT2D eigenvalue weighted by Gasteiger charge is -2.20. The molecule has 0 radical (unpaired) electrons. The van der Waals surface area contributed by atoms with Gasteiger partial charge in [0.15, 0.2) is 6.10 Å². The number of unbranched alkanes of at least 4 members (excludes halogenated alkanes) is 28. The highest BCUT2D eigenvalue weighted by Gasteiger charge is 2.28. The van der Waals surface area contributed by atoms with E-state index in [0.29, 0.717) is 12.8 Å². The summed E-state index contributed by atoms with van der Waals surface area (Å²) in [5.41, 5.74) is 5.34. The second kappa shape index (κ2) is 41.7. The number of allylic oxidation sites excluding steroid dienone is 3. The number of phosphoric acid groups is 1. The summed E-state index contributed by atoms with van der Waals surface area (Å²) in [4.78, 5) is 46.0. The summed E-state index contributed by atoms with van der Waals surface area (Å²) in [6.07, 6.45) is 42.7. The number of rotatable bonds is 45. The standard InChI is InChI=1S/C46H86NO10P/c1-3-5-7-9-11-13-15-17-19-20-21-22-24-25-27-29-31-33-35-37-44(48)54-39-42(40-55-58(52,53)56-41-43(47)46(50)51)57-45(49)38-36-34-32-30-28-26-23-18-16-14-12-10-8-6-4-2/h4,17,19,42-43H,2-3,5-16,18,20-41,47H2,1H3,(H,50,51)(H,52,53)/b19-17+/t42-,43+/m1/s1. The Bertz CT molecular complexity index is 1070. The van der Waals surface area contributed by atoms with Gasteiger partial charge in [0, 0.05) is 12.8 Å². The molecule has 0 aromatic rings. The number of carboxylic acid groups (broad SMARTS) is 1. The minimum atomic E-state index is -4.72. The van der Waals surface area contributed by atoms with E-state index in [1.165, 1.54) is 141 Å². The van der Waals surface area contributed by atoms with Gasteiger partial charge in [0.25, 0.3) is 0 Å². The van der Waals surface area contributed by atoms with Gasteiger partial charge < -0.3 is 25.2 Å². The quantitative estimate of drug-likeness (QED) is 0.0230. The van der Waals surface area contributed by atoms with Crippen molar-refractivity contribution >= 4 is 25.7 Å². The molecular weight excluding hydrogens is 757 g/mol. The average Bonchev–Trinajstić information content (AvgIpc) is 3.20. The van der Waals surface area contributed by atoms with Gasteiger partial charge in [-0.05, 0) is 51.4 Å². The number of carboxylic acids is 1. The maximum Gasteiger partial charge on any atom is 0.472 e. The third-order valence-corrected chi connectivity index (χ3v) is 11.3. The van der Waals surface area contributed by atoms with Gasteiger partial charge in [0.2, 0.25) is 0 Å². The maximum absolute atomic E-state index is 12.6. The summed E-state index contributed by atoms with van der Waals surface area (Å²) in [7, 11) is -4.72. The smallest absolute Gasteiger partial charge is 0.472 e. The zero-order valence-corrected chi connectivity index (χ0v) is 37.6. The lowest BCUT2D eigenvalue weighted by molar-refractivity contribution is -0.161. The van der Waals surface area contributed by atoms with Gasteiger partial charge in [-0.2, -0.15) is 0 Å². The van der Waals surface area contributed by atoms with Crippen molar-refractivity contribution in [1.82, 2.24) is 0 Å². The van der Waals surface area contributed by atoms with Gasteiger partial charge >= 0.3 is 25.7 Å². The molecule has 0 fully saturated rings. The van der Waals surface area contributed by atoms with Gasteiger partial charge in [-0.1, -0.05) is 173 Å². The zero-order chi connectivity index (χ0) is 42.8. The lowest BCUT2D eigenvalue weighted by Crippen LogP contribution is -2.34. The average molecular weight is 844 g/mol. The molecule has 0 bridgehead atoms. The second-order valence-corrected chi connectivity index (χ2v) is 17.4. The summed E-state index contributed by atoms with van der Waals surface area (Å²) < 4.78 is 32.8. The van der Waals surface area contributed by atoms with E-state index in [0.717, 1.165) is 44.9 Å². The van der Waals surface area contributed by atoms with Crippen LogP contribution in [-0.2, 0) is 37.5 Å². The van der Waals surface area contributed by atoms with Crippen molar-refractivity contribution < 1.29 is 47.5 Å². The van der Waals surface area contributed by atoms with Crippen molar-refractivity contribution in [3.05, 3.63) is 24.8 Å². The summed E-state index contributed by atoms with van der Waals surface area (Å²) in [5, 5.41) is 8.90. The molecule has 340 valence electrons.